The summed E-state index contributed by atoms with van der Waals surface area (Å²) in [6, 6.07) is 13.1. The van der Waals surface area contributed by atoms with Crippen LogP contribution in [0, 0.1) is 12.8 Å². The zero-order valence-electron chi connectivity index (χ0n) is 14.1. The number of hydrogen-bond acceptors (Lipinski definition) is 4. The summed E-state index contributed by atoms with van der Waals surface area (Å²) in [4.78, 5) is 21.3. The highest BCUT2D eigenvalue weighted by molar-refractivity contribution is 6.08. The topological polar surface area (TPSA) is 63.6 Å². The molecular formula is C19H21N3O2. The molecule has 0 fully saturated rings. The second-order valence-electron chi connectivity index (χ2n) is 6.22. The Morgan fingerprint density at radius 3 is 2.71 bits per heavy atom. The molecule has 3 rings (SSSR count). The number of aryl methyl sites for hydroxylation is 1. The van der Waals surface area contributed by atoms with E-state index in [1.165, 1.54) is 0 Å². The lowest BCUT2D eigenvalue weighted by molar-refractivity contribution is 0.102. The Balaban J connectivity index is 1.85. The molecule has 0 saturated heterocycles. The number of nitrogens with zero attached hydrogens (tertiary/aromatic N) is 2. The van der Waals surface area contributed by atoms with Gasteiger partial charge in [-0.05, 0) is 37.1 Å². The molecule has 0 saturated carbocycles. The van der Waals surface area contributed by atoms with Crippen LogP contribution in [0.4, 0.5) is 5.69 Å². The van der Waals surface area contributed by atoms with Crippen LogP contribution < -0.4 is 5.32 Å². The Bertz CT molecular complexity index is 784. The molecule has 1 amide bonds. The van der Waals surface area contributed by atoms with Crippen LogP contribution in [0.5, 0.6) is 0 Å². The van der Waals surface area contributed by atoms with E-state index in [9.17, 15) is 4.79 Å². The van der Waals surface area contributed by atoms with Gasteiger partial charge in [-0.2, -0.15) is 0 Å². The summed E-state index contributed by atoms with van der Waals surface area (Å²) in [6.07, 6.45) is 0. The van der Waals surface area contributed by atoms with Crippen molar-refractivity contribution in [3.8, 4) is 0 Å². The zero-order valence-corrected chi connectivity index (χ0v) is 14.1. The van der Waals surface area contributed by atoms with Crippen molar-refractivity contribution in [3.63, 3.8) is 0 Å². The number of amides is 1. The Kier molecular flexibility index (Phi) is 4.60. The minimum absolute atomic E-state index is 0.155. The fraction of sp³-hybridized carbons (Fsp3) is 0.316. The monoisotopic (exact) mass is 323 g/mol. The third kappa shape index (κ3) is 3.45. The predicted molar refractivity (Wildman–Crippen MR) is 94.5 cm³/mol. The van der Waals surface area contributed by atoms with E-state index in [1.54, 1.807) is 6.07 Å². The Hall–Kier alpha value is -2.69. The molecule has 1 aromatic heterocycles. The summed E-state index contributed by atoms with van der Waals surface area (Å²) < 4.78 is 5.74. The first-order valence-electron chi connectivity index (χ1n) is 8.09. The van der Waals surface area contributed by atoms with Gasteiger partial charge in [-0.1, -0.05) is 32.0 Å². The minimum atomic E-state index is -0.245. The molecule has 124 valence electrons. The second kappa shape index (κ2) is 6.83. The van der Waals surface area contributed by atoms with Crippen molar-refractivity contribution >= 4 is 17.5 Å². The number of hydrogen-bond donors (Lipinski definition) is 1. The molecule has 0 radical (unpaired) electrons. The van der Waals surface area contributed by atoms with Crippen LogP contribution in [0.25, 0.3) is 0 Å². The number of para-hydroxylation sites is 1. The molecule has 0 spiro atoms. The van der Waals surface area contributed by atoms with Gasteiger partial charge in [-0.25, -0.2) is 9.98 Å². The number of benzene rings is 1. The van der Waals surface area contributed by atoms with Gasteiger partial charge in [0.15, 0.2) is 0 Å². The maximum absolute atomic E-state index is 12.5. The third-order valence-corrected chi connectivity index (χ3v) is 3.97. The van der Waals surface area contributed by atoms with Gasteiger partial charge in [0.05, 0.1) is 17.3 Å². The molecule has 5 nitrogen and oxygen atoms in total. The van der Waals surface area contributed by atoms with Crippen LogP contribution in [0.15, 0.2) is 47.5 Å². The van der Waals surface area contributed by atoms with Gasteiger partial charge >= 0.3 is 0 Å². The van der Waals surface area contributed by atoms with Gasteiger partial charge in [0, 0.05) is 5.69 Å². The molecule has 0 bridgehead atoms. The average molecular weight is 323 g/mol. The number of ether oxygens (including phenoxy) is 1. The van der Waals surface area contributed by atoms with Gasteiger partial charge < -0.3 is 10.1 Å². The first-order valence-corrected chi connectivity index (χ1v) is 8.09. The first kappa shape index (κ1) is 16.2. The number of rotatable bonds is 4. The lowest BCUT2D eigenvalue weighted by atomic mass is 10.1. The Morgan fingerprint density at radius 1 is 1.21 bits per heavy atom. The van der Waals surface area contributed by atoms with Crippen molar-refractivity contribution in [2.45, 2.75) is 26.8 Å². The maximum atomic E-state index is 12.5. The fourth-order valence-electron chi connectivity index (χ4n) is 2.51. The summed E-state index contributed by atoms with van der Waals surface area (Å²) >= 11 is 0. The molecule has 2 heterocycles. The summed E-state index contributed by atoms with van der Waals surface area (Å²) in [5.74, 6) is 0.757. The maximum Gasteiger partial charge on any atom is 0.274 e. The summed E-state index contributed by atoms with van der Waals surface area (Å²) in [5.41, 5.74) is 2.66. The van der Waals surface area contributed by atoms with Crippen molar-refractivity contribution in [2.24, 2.45) is 10.9 Å². The van der Waals surface area contributed by atoms with E-state index in [0.29, 0.717) is 29.8 Å². The largest absolute Gasteiger partial charge is 0.475 e. The van der Waals surface area contributed by atoms with Crippen LogP contribution in [0.2, 0.25) is 0 Å². The molecule has 0 aliphatic carbocycles. The number of nitrogens with one attached hydrogen (secondary N) is 1. The van der Waals surface area contributed by atoms with E-state index in [4.69, 9.17) is 4.74 Å². The molecular weight excluding hydrogens is 302 g/mol. The molecule has 1 atom stereocenters. The quantitative estimate of drug-likeness (QED) is 0.937. The third-order valence-electron chi connectivity index (χ3n) is 3.97. The minimum Gasteiger partial charge on any atom is -0.475 e. The van der Waals surface area contributed by atoms with E-state index in [0.717, 1.165) is 11.3 Å². The zero-order chi connectivity index (χ0) is 17.1. The molecule has 0 unspecified atom stereocenters. The first-order chi connectivity index (χ1) is 11.5. The lowest BCUT2D eigenvalue weighted by Crippen LogP contribution is -2.16. The molecule has 2 aromatic rings. The van der Waals surface area contributed by atoms with Crippen molar-refractivity contribution in [2.75, 3.05) is 11.9 Å². The van der Waals surface area contributed by atoms with E-state index < -0.39 is 0 Å². The second-order valence-corrected chi connectivity index (χ2v) is 6.22. The number of carbonyl (C=O) groups is 1. The van der Waals surface area contributed by atoms with Gasteiger partial charge in [-0.15, -0.1) is 0 Å². The van der Waals surface area contributed by atoms with E-state index >= 15 is 0 Å². The van der Waals surface area contributed by atoms with Gasteiger partial charge in [0.25, 0.3) is 5.91 Å². The molecule has 1 N–H and O–H groups in total. The van der Waals surface area contributed by atoms with Crippen molar-refractivity contribution in [1.82, 2.24) is 4.98 Å². The van der Waals surface area contributed by atoms with Gasteiger partial charge in [-0.3, -0.25) is 4.79 Å². The molecule has 5 heteroatoms. The highest BCUT2D eigenvalue weighted by atomic mass is 16.5. The van der Waals surface area contributed by atoms with Crippen molar-refractivity contribution in [3.05, 3.63) is 59.4 Å². The van der Waals surface area contributed by atoms with E-state index in [-0.39, 0.29) is 11.9 Å². The standard InChI is InChI=1S/C19H21N3O2/c1-12(2)17-11-24-19(22-17)14-8-4-5-9-15(14)21-18(23)16-10-6-7-13(3)20-16/h4-10,12,17H,11H2,1-3H3,(H,21,23)/t17-/m1/s1. The summed E-state index contributed by atoms with van der Waals surface area (Å²) in [5, 5.41) is 2.91. The number of aliphatic imine (C=N–C) groups is 1. The molecule has 24 heavy (non-hydrogen) atoms. The van der Waals surface area contributed by atoms with Crippen LogP contribution in [-0.2, 0) is 4.74 Å². The van der Waals surface area contributed by atoms with Gasteiger partial charge in [0.2, 0.25) is 5.90 Å². The normalized spacial score (nSPS) is 16.7. The lowest BCUT2D eigenvalue weighted by Gasteiger charge is -2.10. The summed E-state index contributed by atoms with van der Waals surface area (Å²) in [7, 11) is 0. The van der Waals surface area contributed by atoms with E-state index in [1.807, 2.05) is 43.3 Å². The van der Waals surface area contributed by atoms with E-state index in [2.05, 4.69) is 29.1 Å². The smallest absolute Gasteiger partial charge is 0.274 e. The van der Waals surface area contributed by atoms with Gasteiger partial charge in [0.1, 0.15) is 12.3 Å². The van der Waals surface area contributed by atoms with Crippen LogP contribution in [0.1, 0.15) is 35.6 Å². The molecule has 1 aliphatic heterocycles. The van der Waals surface area contributed by atoms with Crippen LogP contribution >= 0.6 is 0 Å². The number of aromatic nitrogens is 1. The molecule has 1 aliphatic rings. The number of carbonyl (C=O) groups excluding carboxylic acids is 1. The molecule has 1 aromatic carbocycles. The summed E-state index contributed by atoms with van der Waals surface area (Å²) in [6.45, 7) is 6.68. The Labute approximate surface area is 141 Å². The highest BCUT2D eigenvalue weighted by Gasteiger charge is 2.24. The van der Waals surface area contributed by atoms with Crippen LogP contribution in [-0.4, -0.2) is 29.4 Å². The van der Waals surface area contributed by atoms with Crippen molar-refractivity contribution in [1.29, 1.82) is 0 Å². The van der Waals surface area contributed by atoms with Crippen molar-refractivity contribution < 1.29 is 9.53 Å². The fourth-order valence-corrected chi connectivity index (χ4v) is 2.51. The highest BCUT2D eigenvalue weighted by Crippen LogP contribution is 2.23. The van der Waals surface area contributed by atoms with Crippen LogP contribution in [0.3, 0.4) is 0 Å². The SMILES string of the molecule is Cc1cccc(C(=O)Nc2ccccc2C2=N[C@@H](C(C)C)CO2)n1. The number of pyridine rings is 1. The Morgan fingerprint density at radius 2 is 2.00 bits per heavy atom. The predicted octanol–water partition coefficient (Wildman–Crippen LogP) is 3.44. The number of anilines is 1. The average Bonchev–Trinajstić information content (AvgIpc) is 3.05.